The van der Waals surface area contributed by atoms with Crippen LogP contribution in [0.4, 0.5) is 0 Å². The van der Waals surface area contributed by atoms with Crippen molar-refractivity contribution in [3.8, 4) is 0 Å². The average Bonchev–Trinajstić information content (AvgIpc) is 3.11. The molecule has 2 atom stereocenters. The zero-order chi connectivity index (χ0) is 15.4. The number of carbonyl (C=O) groups excluding carboxylic acids is 1. The Morgan fingerprint density at radius 2 is 2.18 bits per heavy atom. The van der Waals surface area contributed by atoms with Crippen molar-refractivity contribution in [3.63, 3.8) is 0 Å². The molecule has 1 aliphatic heterocycles. The molecular weight excluding hydrogens is 280 g/mol. The summed E-state index contributed by atoms with van der Waals surface area (Å²) in [6.07, 6.45) is 4.67. The number of benzene rings is 1. The van der Waals surface area contributed by atoms with Crippen molar-refractivity contribution < 1.29 is 9.53 Å². The summed E-state index contributed by atoms with van der Waals surface area (Å²) in [4.78, 5) is 18.7. The molecule has 1 saturated heterocycles. The maximum atomic E-state index is 12.8. The second-order valence-electron chi connectivity index (χ2n) is 5.48. The molecule has 1 fully saturated rings. The van der Waals surface area contributed by atoms with Gasteiger partial charge >= 0.3 is 0 Å². The van der Waals surface area contributed by atoms with Crippen LogP contribution in [0.25, 0.3) is 0 Å². The topological polar surface area (TPSA) is 60.2 Å². The zero-order valence-electron chi connectivity index (χ0n) is 12.6. The summed E-state index contributed by atoms with van der Waals surface area (Å²) < 4.78 is 7.29. The van der Waals surface area contributed by atoms with Crippen LogP contribution in [0.15, 0.2) is 43.0 Å². The molecule has 0 aliphatic carbocycles. The number of rotatable bonds is 4. The van der Waals surface area contributed by atoms with Crippen molar-refractivity contribution in [2.75, 3.05) is 20.2 Å². The highest BCUT2D eigenvalue weighted by molar-refractivity contribution is 5.82. The zero-order valence-corrected chi connectivity index (χ0v) is 12.6. The van der Waals surface area contributed by atoms with Gasteiger partial charge in [-0.25, -0.2) is 9.67 Å². The summed E-state index contributed by atoms with van der Waals surface area (Å²) in [7, 11) is 1.58. The predicted molar refractivity (Wildman–Crippen MR) is 81.1 cm³/mol. The highest BCUT2D eigenvalue weighted by Crippen LogP contribution is 2.25. The van der Waals surface area contributed by atoms with E-state index in [9.17, 15) is 4.79 Å². The van der Waals surface area contributed by atoms with Gasteiger partial charge in [0.15, 0.2) is 6.10 Å². The summed E-state index contributed by atoms with van der Waals surface area (Å²) in [5, 5.41) is 4.19. The van der Waals surface area contributed by atoms with Crippen LogP contribution in [0.3, 0.4) is 0 Å². The molecule has 2 heterocycles. The lowest BCUT2D eigenvalue weighted by atomic mass is 10.0. The van der Waals surface area contributed by atoms with Gasteiger partial charge < -0.3 is 9.64 Å². The van der Waals surface area contributed by atoms with Crippen LogP contribution in [-0.4, -0.2) is 45.8 Å². The Morgan fingerprint density at radius 1 is 1.36 bits per heavy atom. The SMILES string of the molecule is COC(C(=O)N1CCCC(n2cncn2)C1)c1ccccc1. The molecule has 0 radical (unpaired) electrons. The number of amides is 1. The first-order chi connectivity index (χ1) is 10.8. The van der Waals surface area contributed by atoms with E-state index in [1.807, 2.05) is 39.9 Å². The van der Waals surface area contributed by atoms with Crippen molar-refractivity contribution in [2.24, 2.45) is 0 Å². The largest absolute Gasteiger partial charge is 0.367 e. The molecule has 1 aromatic carbocycles. The maximum absolute atomic E-state index is 12.8. The van der Waals surface area contributed by atoms with E-state index in [1.165, 1.54) is 6.33 Å². The summed E-state index contributed by atoms with van der Waals surface area (Å²) in [5.74, 6) is 0.0125. The van der Waals surface area contributed by atoms with Gasteiger partial charge in [-0.15, -0.1) is 0 Å². The maximum Gasteiger partial charge on any atom is 0.256 e. The Hall–Kier alpha value is -2.21. The first-order valence-corrected chi connectivity index (χ1v) is 7.50. The highest BCUT2D eigenvalue weighted by Gasteiger charge is 2.30. The highest BCUT2D eigenvalue weighted by atomic mass is 16.5. The molecule has 0 spiro atoms. The van der Waals surface area contributed by atoms with Gasteiger partial charge in [0, 0.05) is 20.2 Å². The van der Waals surface area contributed by atoms with Crippen LogP contribution < -0.4 is 0 Å². The second-order valence-corrected chi connectivity index (χ2v) is 5.48. The Kier molecular flexibility index (Phi) is 4.48. The number of likely N-dealkylation sites (tertiary alicyclic amines) is 1. The Balaban J connectivity index is 1.73. The summed E-state index contributed by atoms with van der Waals surface area (Å²) in [6.45, 7) is 1.41. The van der Waals surface area contributed by atoms with Gasteiger partial charge in [0.25, 0.3) is 5.91 Å². The number of hydrogen-bond acceptors (Lipinski definition) is 4. The molecule has 0 saturated carbocycles. The third kappa shape index (κ3) is 3.01. The van der Waals surface area contributed by atoms with Crippen LogP contribution in [0, 0.1) is 0 Å². The van der Waals surface area contributed by atoms with E-state index in [4.69, 9.17) is 4.74 Å². The Labute approximate surface area is 129 Å². The van der Waals surface area contributed by atoms with Gasteiger partial charge in [0.2, 0.25) is 0 Å². The average molecular weight is 300 g/mol. The van der Waals surface area contributed by atoms with Gasteiger partial charge in [-0.3, -0.25) is 4.79 Å². The standard InChI is InChI=1S/C16H20N4O2/c1-22-15(13-6-3-2-4-7-13)16(21)19-9-5-8-14(10-19)20-12-17-11-18-20/h2-4,6-7,11-12,14-15H,5,8-10H2,1H3. The number of methoxy groups -OCH3 is 1. The minimum atomic E-state index is -0.546. The van der Waals surface area contributed by atoms with E-state index in [1.54, 1.807) is 13.4 Å². The van der Waals surface area contributed by atoms with Crippen molar-refractivity contribution >= 4 is 5.91 Å². The van der Waals surface area contributed by atoms with E-state index in [0.717, 1.165) is 24.9 Å². The first-order valence-electron chi connectivity index (χ1n) is 7.50. The Morgan fingerprint density at radius 3 is 2.86 bits per heavy atom. The van der Waals surface area contributed by atoms with Crippen LogP contribution in [-0.2, 0) is 9.53 Å². The molecule has 1 aromatic heterocycles. The molecule has 2 unspecified atom stereocenters. The van der Waals surface area contributed by atoms with Gasteiger partial charge in [-0.2, -0.15) is 5.10 Å². The van der Waals surface area contributed by atoms with Crippen molar-refractivity contribution in [3.05, 3.63) is 48.5 Å². The number of hydrogen-bond donors (Lipinski definition) is 0. The van der Waals surface area contributed by atoms with Gasteiger partial charge in [-0.1, -0.05) is 30.3 Å². The molecule has 22 heavy (non-hydrogen) atoms. The van der Waals surface area contributed by atoms with Crippen LogP contribution in [0.5, 0.6) is 0 Å². The fourth-order valence-corrected chi connectivity index (χ4v) is 2.95. The van der Waals surface area contributed by atoms with Crippen molar-refractivity contribution in [1.29, 1.82) is 0 Å². The number of ether oxygens (including phenoxy) is 1. The van der Waals surface area contributed by atoms with Crippen molar-refractivity contribution in [1.82, 2.24) is 19.7 Å². The fourth-order valence-electron chi connectivity index (χ4n) is 2.95. The molecule has 6 heteroatoms. The van der Waals surface area contributed by atoms with Gasteiger partial charge in [0.1, 0.15) is 12.7 Å². The minimum absolute atomic E-state index is 0.0125. The quantitative estimate of drug-likeness (QED) is 0.864. The smallest absolute Gasteiger partial charge is 0.256 e. The Bertz CT molecular complexity index is 600. The number of piperidine rings is 1. The molecule has 116 valence electrons. The summed E-state index contributed by atoms with van der Waals surface area (Å²) in [5.41, 5.74) is 0.887. The lowest BCUT2D eigenvalue weighted by molar-refractivity contribution is -0.144. The first kappa shape index (κ1) is 14.7. The third-order valence-corrected chi connectivity index (χ3v) is 4.08. The molecule has 2 aromatic rings. The summed E-state index contributed by atoms with van der Waals surface area (Å²) in [6, 6.07) is 9.80. The lowest BCUT2D eigenvalue weighted by Crippen LogP contribution is -2.43. The molecule has 3 rings (SSSR count). The number of carbonyl (C=O) groups is 1. The molecule has 0 bridgehead atoms. The van der Waals surface area contributed by atoms with Crippen LogP contribution in [0.2, 0.25) is 0 Å². The molecule has 1 amide bonds. The van der Waals surface area contributed by atoms with Gasteiger partial charge in [0.05, 0.1) is 6.04 Å². The van der Waals surface area contributed by atoms with Gasteiger partial charge in [-0.05, 0) is 18.4 Å². The van der Waals surface area contributed by atoms with E-state index in [0.29, 0.717) is 6.54 Å². The molecule has 0 N–H and O–H groups in total. The van der Waals surface area contributed by atoms with E-state index in [2.05, 4.69) is 10.1 Å². The van der Waals surface area contributed by atoms with E-state index in [-0.39, 0.29) is 11.9 Å². The van der Waals surface area contributed by atoms with Crippen molar-refractivity contribution in [2.45, 2.75) is 25.0 Å². The molecular formula is C16H20N4O2. The number of aromatic nitrogens is 3. The monoisotopic (exact) mass is 300 g/mol. The van der Waals surface area contributed by atoms with E-state index >= 15 is 0 Å². The fraction of sp³-hybridized carbons (Fsp3) is 0.438. The summed E-state index contributed by atoms with van der Waals surface area (Å²) >= 11 is 0. The molecule has 6 nitrogen and oxygen atoms in total. The lowest BCUT2D eigenvalue weighted by Gasteiger charge is -2.34. The normalized spacial score (nSPS) is 19.9. The molecule has 1 aliphatic rings. The van der Waals surface area contributed by atoms with E-state index < -0.39 is 6.10 Å². The van der Waals surface area contributed by atoms with Crippen LogP contribution in [0.1, 0.15) is 30.6 Å². The van der Waals surface area contributed by atoms with Crippen LogP contribution >= 0.6 is 0 Å². The minimum Gasteiger partial charge on any atom is -0.367 e. The third-order valence-electron chi connectivity index (χ3n) is 4.08. The number of nitrogens with zero attached hydrogens (tertiary/aromatic N) is 4. The second kappa shape index (κ2) is 6.70. The predicted octanol–water partition coefficient (Wildman–Crippen LogP) is 1.83.